The monoisotopic (exact) mass is 363 g/mol. The van der Waals surface area contributed by atoms with E-state index in [2.05, 4.69) is 38.7 Å². The number of ether oxygens (including phenoxy) is 1. The summed E-state index contributed by atoms with van der Waals surface area (Å²) in [4.78, 5) is 31.5. The molecular formula is C20H33N3O3. The summed E-state index contributed by atoms with van der Waals surface area (Å²) in [6, 6.07) is 0. The molecule has 0 aromatic heterocycles. The Kier molecular flexibility index (Phi) is 5.72. The van der Waals surface area contributed by atoms with Gasteiger partial charge in [0.2, 0.25) is 11.8 Å². The molecule has 3 aliphatic rings. The normalized spacial score (nSPS) is 28.6. The van der Waals surface area contributed by atoms with Gasteiger partial charge in [-0.25, -0.2) is 0 Å². The average molecular weight is 364 g/mol. The molecule has 0 radical (unpaired) electrons. The van der Waals surface area contributed by atoms with Gasteiger partial charge in [0.25, 0.3) is 0 Å². The summed E-state index contributed by atoms with van der Waals surface area (Å²) in [7, 11) is 0. The topological polar surface area (TPSA) is 53.1 Å². The Hall–Kier alpha value is -1.40. The third kappa shape index (κ3) is 4.12. The van der Waals surface area contributed by atoms with Gasteiger partial charge in [0.15, 0.2) is 0 Å². The minimum absolute atomic E-state index is 0.0532. The molecule has 1 saturated carbocycles. The van der Waals surface area contributed by atoms with Crippen molar-refractivity contribution in [3.8, 4) is 0 Å². The second kappa shape index (κ2) is 7.69. The van der Waals surface area contributed by atoms with Crippen LogP contribution >= 0.6 is 0 Å². The van der Waals surface area contributed by atoms with Gasteiger partial charge in [0, 0.05) is 39.3 Å². The summed E-state index contributed by atoms with van der Waals surface area (Å²) in [6.07, 6.45) is 2.24. The molecule has 2 amide bonds. The summed E-state index contributed by atoms with van der Waals surface area (Å²) in [6.45, 7) is 14.7. The number of hydrogen-bond donors (Lipinski definition) is 0. The van der Waals surface area contributed by atoms with E-state index in [0.717, 1.165) is 13.1 Å². The van der Waals surface area contributed by atoms with Crippen LogP contribution in [0.2, 0.25) is 0 Å². The summed E-state index contributed by atoms with van der Waals surface area (Å²) in [5, 5.41) is 0. The van der Waals surface area contributed by atoms with Crippen LogP contribution in [0, 0.1) is 17.3 Å². The highest BCUT2D eigenvalue weighted by Gasteiger charge is 2.61. The minimum atomic E-state index is 0.0532. The Morgan fingerprint density at radius 2 is 1.58 bits per heavy atom. The lowest BCUT2D eigenvalue weighted by Gasteiger charge is -2.36. The number of rotatable bonds is 4. The quantitative estimate of drug-likeness (QED) is 0.705. The Morgan fingerprint density at radius 3 is 2.15 bits per heavy atom. The maximum Gasteiger partial charge on any atom is 0.236 e. The number of carbonyl (C=O) groups is 2. The lowest BCUT2D eigenvalue weighted by molar-refractivity contribution is -0.141. The van der Waals surface area contributed by atoms with Gasteiger partial charge in [0.1, 0.15) is 0 Å². The SMILES string of the molecule is CC(C)=CC1C(C(=O)N2CCN(C(=O)CN3CCOCC3)CC2)C1(C)C. The lowest BCUT2D eigenvalue weighted by Crippen LogP contribution is -2.53. The molecule has 2 unspecified atom stereocenters. The number of morpholine rings is 1. The smallest absolute Gasteiger partial charge is 0.236 e. The molecule has 0 aromatic rings. The second-order valence-corrected chi connectivity index (χ2v) is 8.66. The van der Waals surface area contributed by atoms with Crippen molar-refractivity contribution < 1.29 is 14.3 Å². The standard InChI is InChI=1S/C20H33N3O3/c1-15(2)13-16-18(20(16,3)4)19(25)23-7-5-22(6-8-23)17(24)14-21-9-11-26-12-10-21/h13,16,18H,5-12,14H2,1-4H3. The number of carbonyl (C=O) groups excluding carboxylic acids is 2. The van der Waals surface area contributed by atoms with E-state index >= 15 is 0 Å². The van der Waals surface area contributed by atoms with Crippen LogP contribution in [-0.2, 0) is 14.3 Å². The van der Waals surface area contributed by atoms with Crippen molar-refractivity contribution >= 4 is 11.8 Å². The van der Waals surface area contributed by atoms with Crippen LogP contribution in [0.15, 0.2) is 11.6 Å². The number of allylic oxidation sites excluding steroid dienone is 2. The van der Waals surface area contributed by atoms with Crippen molar-refractivity contribution in [3.63, 3.8) is 0 Å². The van der Waals surface area contributed by atoms with Crippen LogP contribution in [0.5, 0.6) is 0 Å². The van der Waals surface area contributed by atoms with Crippen molar-refractivity contribution in [2.24, 2.45) is 17.3 Å². The highest BCUT2D eigenvalue weighted by atomic mass is 16.5. The molecule has 2 heterocycles. The number of nitrogens with zero attached hydrogens (tertiary/aromatic N) is 3. The summed E-state index contributed by atoms with van der Waals surface area (Å²) in [5.74, 6) is 0.875. The van der Waals surface area contributed by atoms with E-state index in [9.17, 15) is 9.59 Å². The predicted molar refractivity (Wildman–Crippen MR) is 101 cm³/mol. The third-order valence-corrected chi connectivity index (χ3v) is 6.10. The van der Waals surface area contributed by atoms with Crippen LogP contribution in [0.4, 0.5) is 0 Å². The van der Waals surface area contributed by atoms with Crippen LogP contribution in [0.3, 0.4) is 0 Å². The molecule has 26 heavy (non-hydrogen) atoms. The molecular weight excluding hydrogens is 330 g/mol. The van der Waals surface area contributed by atoms with E-state index in [4.69, 9.17) is 4.74 Å². The fourth-order valence-electron chi connectivity index (χ4n) is 4.24. The number of amides is 2. The lowest BCUT2D eigenvalue weighted by atomic mass is 10.1. The highest BCUT2D eigenvalue weighted by molar-refractivity contribution is 5.84. The van der Waals surface area contributed by atoms with Crippen molar-refractivity contribution in [1.82, 2.24) is 14.7 Å². The van der Waals surface area contributed by atoms with Crippen LogP contribution in [0.25, 0.3) is 0 Å². The van der Waals surface area contributed by atoms with Crippen molar-refractivity contribution in [2.45, 2.75) is 27.7 Å². The zero-order chi connectivity index (χ0) is 18.9. The molecule has 3 rings (SSSR count). The molecule has 0 N–H and O–H groups in total. The summed E-state index contributed by atoms with van der Waals surface area (Å²) >= 11 is 0. The fraction of sp³-hybridized carbons (Fsp3) is 0.800. The molecule has 1 aliphatic carbocycles. The van der Waals surface area contributed by atoms with Gasteiger partial charge in [-0.15, -0.1) is 0 Å². The van der Waals surface area contributed by atoms with Gasteiger partial charge < -0.3 is 14.5 Å². The first-order valence-corrected chi connectivity index (χ1v) is 9.82. The van der Waals surface area contributed by atoms with Gasteiger partial charge in [-0.2, -0.15) is 0 Å². The molecule has 0 aromatic carbocycles. The van der Waals surface area contributed by atoms with Gasteiger partial charge in [0.05, 0.1) is 25.7 Å². The molecule has 6 nitrogen and oxygen atoms in total. The summed E-state index contributed by atoms with van der Waals surface area (Å²) in [5.41, 5.74) is 1.33. The summed E-state index contributed by atoms with van der Waals surface area (Å²) < 4.78 is 5.33. The third-order valence-electron chi connectivity index (χ3n) is 6.10. The van der Waals surface area contributed by atoms with Gasteiger partial charge >= 0.3 is 0 Å². The van der Waals surface area contributed by atoms with Crippen LogP contribution < -0.4 is 0 Å². The number of piperazine rings is 1. The zero-order valence-electron chi connectivity index (χ0n) is 16.7. The predicted octanol–water partition coefficient (Wildman–Crippen LogP) is 1.23. The van der Waals surface area contributed by atoms with E-state index in [-0.39, 0.29) is 23.1 Å². The molecule has 2 saturated heterocycles. The first kappa shape index (κ1) is 19.4. The molecule has 3 fully saturated rings. The van der Waals surface area contributed by atoms with Crippen molar-refractivity contribution in [1.29, 1.82) is 0 Å². The second-order valence-electron chi connectivity index (χ2n) is 8.66. The van der Waals surface area contributed by atoms with Gasteiger partial charge in [-0.1, -0.05) is 25.5 Å². The Bertz CT molecular complexity index is 569. The molecule has 2 atom stereocenters. The Balaban J connectivity index is 1.48. The zero-order valence-corrected chi connectivity index (χ0v) is 16.7. The molecule has 0 bridgehead atoms. The molecule has 6 heteroatoms. The molecule has 146 valence electrons. The Morgan fingerprint density at radius 1 is 1.00 bits per heavy atom. The first-order chi connectivity index (χ1) is 12.3. The Labute approximate surface area is 157 Å². The largest absolute Gasteiger partial charge is 0.379 e. The maximum absolute atomic E-state index is 12.9. The van der Waals surface area contributed by atoms with Gasteiger partial charge in [-0.05, 0) is 25.2 Å². The fourth-order valence-corrected chi connectivity index (χ4v) is 4.24. The van der Waals surface area contributed by atoms with Crippen molar-refractivity contribution in [3.05, 3.63) is 11.6 Å². The van der Waals surface area contributed by atoms with Crippen LogP contribution in [-0.4, -0.2) is 85.5 Å². The molecule has 2 aliphatic heterocycles. The average Bonchev–Trinajstić information content (AvgIpc) is 3.14. The van der Waals surface area contributed by atoms with E-state index in [1.54, 1.807) is 0 Å². The van der Waals surface area contributed by atoms with Gasteiger partial charge in [-0.3, -0.25) is 14.5 Å². The van der Waals surface area contributed by atoms with Crippen LogP contribution in [0.1, 0.15) is 27.7 Å². The first-order valence-electron chi connectivity index (χ1n) is 9.82. The van der Waals surface area contributed by atoms with Crippen molar-refractivity contribution in [2.75, 3.05) is 59.0 Å². The molecule has 0 spiro atoms. The van der Waals surface area contributed by atoms with E-state index in [1.165, 1.54) is 5.57 Å². The minimum Gasteiger partial charge on any atom is -0.379 e. The van der Waals surface area contributed by atoms with E-state index in [0.29, 0.717) is 51.9 Å². The highest BCUT2D eigenvalue weighted by Crippen LogP contribution is 2.60. The van der Waals surface area contributed by atoms with E-state index < -0.39 is 0 Å². The number of hydrogen-bond acceptors (Lipinski definition) is 4. The maximum atomic E-state index is 12.9. The van der Waals surface area contributed by atoms with E-state index in [1.807, 2.05) is 9.80 Å².